The van der Waals surface area contributed by atoms with Crippen LogP contribution in [0.25, 0.3) is 0 Å². The predicted molar refractivity (Wildman–Crippen MR) is 62.5 cm³/mol. The van der Waals surface area contributed by atoms with Gasteiger partial charge in [0.1, 0.15) is 0 Å². The number of aliphatic hydroxyl groups excluding tert-OH is 1. The van der Waals surface area contributed by atoms with Gasteiger partial charge in [0.25, 0.3) is 0 Å². The minimum absolute atomic E-state index is 0.446. The van der Waals surface area contributed by atoms with Crippen LogP contribution in [0.4, 0.5) is 5.69 Å². The summed E-state index contributed by atoms with van der Waals surface area (Å²) in [5.74, 6) is 0. The summed E-state index contributed by atoms with van der Waals surface area (Å²) < 4.78 is 5.30. The topological polar surface area (TPSA) is 45.6 Å². The van der Waals surface area contributed by atoms with Crippen LogP contribution in [0.1, 0.15) is 25.1 Å². The van der Waals surface area contributed by atoms with Gasteiger partial charge in [-0.05, 0) is 18.6 Å². The van der Waals surface area contributed by atoms with Crippen LogP contribution in [0.15, 0.2) is 18.3 Å². The van der Waals surface area contributed by atoms with Gasteiger partial charge in [-0.25, -0.2) is 0 Å². The fourth-order valence-corrected chi connectivity index (χ4v) is 1.81. The number of aromatic nitrogens is 1. The van der Waals surface area contributed by atoms with Gasteiger partial charge < -0.3 is 14.7 Å². The van der Waals surface area contributed by atoms with Crippen LogP contribution >= 0.6 is 0 Å². The Kier molecular flexibility index (Phi) is 3.74. The Morgan fingerprint density at radius 2 is 2.19 bits per heavy atom. The maximum absolute atomic E-state index is 9.63. The largest absolute Gasteiger partial charge is 0.387 e. The maximum atomic E-state index is 9.63. The van der Waals surface area contributed by atoms with Crippen molar-refractivity contribution < 1.29 is 9.84 Å². The molecule has 1 aromatic heterocycles. The van der Waals surface area contributed by atoms with Crippen LogP contribution in [0.2, 0.25) is 0 Å². The van der Waals surface area contributed by atoms with E-state index in [1.807, 2.05) is 25.3 Å². The van der Waals surface area contributed by atoms with Crippen molar-refractivity contribution in [2.24, 2.45) is 0 Å². The minimum atomic E-state index is -0.446. The van der Waals surface area contributed by atoms with Gasteiger partial charge in [-0.3, -0.25) is 4.98 Å². The number of rotatable bonds is 3. The molecule has 1 saturated heterocycles. The van der Waals surface area contributed by atoms with Crippen molar-refractivity contribution in [2.75, 3.05) is 31.2 Å². The van der Waals surface area contributed by atoms with Gasteiger partial charge in [0.2, 0.25) is 0 Å². The van der Waals surface area contributed by atoms with E-state index in [0.29, 0.717) is 6.42 Å². The Balaban J connectivity index is 2.06. The summed E-state index contributed by atoms with van der Waals surface area (Å²) >= 11 is 0. The summed E-state index contributed by atoms with van der Waals surface area (Å²) in [4.78, 5) is 6.54. The van der Waals surface area contributed by atoms with E-state index in [1.165, 1.54) is 0 Å². The molecule has 88 valence electrons. The lowest BCUT2D eigenvalue weighted by atomic mass is 10.2. The molecule has 4 heteroatoms. The van der Waals surface area contributed by atoms with Crippen molar-refractivity contribution in [1.82, 2.24) is 4.98 Å². The lowest BCUT2D eigenvalue weighted by Gasteiger charge is -2.28. The van der Waals surface area contributed by atoms with Gasteiger partial charge in [0.05, 0.1) is 36.9 Å². The molecule has 2 rings (SSSR count). The molecule has 16 heavy (non-hydrogen) atoms. The molecule has 0 aliphatic carbocycles. The Morgan fingerprint density at radius 3 is 2.75 bits per heavy atom. The number of pyridine rings is 1. The highest BCUT2D eigenvalue weighted by atomic mass is 16.5. The van der Waals surface area contributed by atoms with Gasteiger partial charge >= 0.3 is 0 Å². The number of morpholine rings is 1. The maximum Gasteiger partial charge on any atom is 0.0957 e. The summed E-state index contributed by atoms with van der Waals surface area (Å²) in [6, 6.07) is 3.92. The van der Waals surface area contributed by atoms with Crippen molar-refractivity contribution >= 4 is 5.69 Å². The van der Waals surface area contributed by atoms with Gasteiger partial charge in [-0.2, -0.15) is 0 Å². The molecule has 1 aliphatic heterocycles. The number of aliphatic hydroxyl groups is 1. The van der Waals surface area contributed by atoms with Crippen molar-refractivity contribution in [3.05, 3.63) is 24.0 Å². The van der Waals surface area contributed by atoms with Crippen LogP contribution in [0.5, 0.6) is 0 Å². The first-order chi connectivity index (χ1) is 7.81. The molecule has 1 unspecified atom stereocenters. The molecular weight excluding hydrogens is 204 g/mol. The Labute approximate surface area is 95.9 Å². The monoisotopic (exact) mass is 222 g/mol. The second kappa shape index (κ2) is 5.27. The molecule has 1 aliphatic rings. The Bertz CT molecular complexity index is 320. The summed E-state index contributed by atoms with van der Waals surface area (Å²) in [5.41, 5.74) is 1.86. The predicted octanol–water partition coefficient (Wildman–Crippen LogP) is 1.36. The molecule has 0 spiro atoms. The van der Waals surface area contributed by atoms with E-state index in [0.717, 1.165) is 37.7 Å². The van der Waals surface area contributed by atoms with Crippen molar-refractivity contribution in [1.29, 1.82) is 0 Å². The molecule has 4 nitrogen and oxygen atoms in total. The van der Waals surface area contributed by atoms with Crippen LogP contribution < -0.4 is 4.90 Å². The first-order valence-corrected chi connectivity index (χ1v) is 5.78. The number of anilines is 1. The summed E-state index contributed by atoms with van der Waals surface area (Å²) in [5, 5.41) is 9.63. The zero-order valence-electron chi connectivity index (χ0n) is 9.59. The first-order valence-electron chi connectivity index (χ1n) is 5.78. The zero-order chi connectivity index (χ0) is 11.4. The Hall–Kier alpha value is -1.13. The van der Waals surface area contributed by atoms with Gasteiger partial charge in [-0.15, -0.1) is 0 Å². The van der Waals surface area contributed by atoms with Crippen LogP contribution in [0, 0.1) is 0 Å². The van der Waals surface area contributed by atoms with E-state index < -0.39 is 6.10 Å². The highest BCUT2D eigenvalue weighted by molar-refractivity contribution is 5.45. The minimum Gasteiger partial charge on any atom is -0.387 e. The average Bonchev–Trinajstić information content (AvgIpc) is 2.39. The average molecular weight is 222 g/mol. The third kappa shape index (κ3) is 2.51. The van der Waals surface area contributed by atoms with Gasteiger partial charge in [-0.1, -0.05) is 6.92 Å². The number of hydrogen-bond donors (Lipinski definition) is 1. The SMILES string of the molecule is CCC(O)c1ccc(N2CCOCC2)cn1. The molecule has 1 N–H and O–H groups in total. The van der Waals surface area contributed by atoms with E-state index in [2.05, 4.69) is 9.88 Å². The third-order valence-electron chi connectivity index (χ3n) is 2.88. The molecule has 0 saturated carbocycles. The molecule has 2 heterocycles. The first kappa shape index (κ1) is 11.4. The molecule has 1 aromatic rings. The second-order valence-corrected chi connectivity index (χ2v) is 3.96. The summed E-state index contributed by atoms with van der Waals surface area (Å²) in [6.45, 7) is 5.33. The van der Waals surface area contributed by atoms with Crippen molar-refractivity contribution in [2.45, 2.75) is 19.4 Å². The highest BCUT2D eigenvalue weighted by Gasteiger charge is 2.12. The molecular formula is C12H18N2O2. The smallest absolute Gasteiger partial charge is 0.0957 e. The normalized spacial score (nSPS) is 18.5. The molecule has 1 fully saturated rings. The zero-order valence-corrected chi connectivity index (χ0v) is 9.59. The van der Waals surface area contributed by atoms with Crippen molar-refractivity contribution in [3.8, 4) is 0 Å². The quantitative estimate of drug-likeness (QED) is 0.838. The van der Waals surface area contributed by atoms with E-state index >= 15 is 0 Å². The molecule has 0 aromatic carbocycles. The van der Waals surface area contributed by atoms with E-state index in [1.54, 1.807) is 0 Å². The lowest BCUT2D eigenvalue weighted by Crippen LogP contribution is -2.36. The summed E-state index contributed by atoms with van der Waals surface area (Å²) in [7, 11) is 0. The number of ether oxygens (including phenoxy) is 1. The molecule has 1 atom stereocenters. The van der Waals surface area contributed by atoms with Gasteiger partial charge in [0.15, 0.2) is 0 Å². The van der Waals surface area contributed by atoms with Gasteiger partial charge in [0, 0.05) is 13.1 Å². The van der Waals surface area contributed by atoms with E-state index in [9.17, 15) is 5.11 Å². The van der Waals surface area contributed by atoms with E-state index in [-0.39, 0.29) is 0 Å². The van der Waals surface area contributed by atoms with Crippen LogP contribution in [-0.2, 0) is 4.74 Å². The van der Waals surface area contributed by atoms with E-state index in [4.69, 9.17) is 4.74 Å². The number of nitrogens with zero attached hydrogens (tertiary/aromatic N) is 2. The van der Waals surface area contributed by atoms with Crippen LogP contribution in [-0.4, -0.2) is 36.4 Å². The molecule has 0 bridgehead atoms. The molecule has 0 amide bonds. The second-order valence-electron chi connectivity index (χ2n) is 3.96. The van der Waals surface area contributed by atoms with Crippen LogP contribution in [0.3, 0.4) is 0 Å². The summed E-state index contributed by atoms with van der Waals surface area (Å²) in [6.07, 6.45) is 2.09. The fraction of sp³-hybridized carbons (Fsp3) is 0.583. The lowest BCUT2D eigenvalue weighted by molar-refractivity contribution is 0.122. The van der Waals surface area contributed by atoms with Crippen molar-refractivity contribution in [3.63, 3.8) is 0 Å². The fourth-order valence-electron chi connectivity index (χ4n) is 1.81. The standard InChI is InChI=1S/C12H18N2O2/c1-2-12(15)11-4-3-10(9-13-11)14-5-7-16-8-6-14/h3-4,9,12,15H,2,5-8H2,1H3. The third-order valence-corrected chi connectivity index (χ3v) is 2.88. The number of hydrogen-bond acceptors (Lipinski definition) is 4. The molecule has 0 radical (unpaired) electrons. The highest BCUT2D eigenvalue weighted by Crippen LogP contribution is 2.18. The Morgan fingerprint density at radius 1 is 1.44 bits per heavy atom.